The molecule has 196 valence electrons. The molecule has 5 rings (SSSR count). The number of hydrogen-bond donors (Lipinski definition) is 1. The van der Waals surface area contributed by atoms with Crippen LogP contribution in [0, 0.1) is 5.82 Å². The molecule has 0 saturated carbocycles. The normalized spacial score (nSPS) is 12.3. The number of H-pyrrole nitrogens is 1. The highest BCUT2D eigenvalue weighted by Gasteiger charge is 2.39. The number of furan rings is 1. The Morgan fingerprint density at radius 2 is 1.82 bits per heavy atom. The number of halogens is 1. The van der Waals surface area contributed by atoms with Gasteiger partial charge in [-0.2, -0.15) is 0 Å². The van der Waals surface area contributed by atoms with Crippen molar-refractivity contribution in [2.75, 3.05) is 0 Å². The molecule has 0 radical (unpaired) electrons. The Kier molecular flexibility index (Phi) is 6.61. The molecule has 38 heavy (non-hydrogen) atoms. The van der Waals surface area contributed by atoms with Crippen LogP contribution in [-0.2, 0) is 12.8 Å². The van der Waals surface area contributed by atoms with E-state index in [-0.39, 0.29) is 17.0 Å². The minimum Gasteiger partial charge on any atom is -0.543 e. The van der Waals surface area contributed by atoms with Crippen LogP contribution in [0.4, 0.5) is 4.39 Å². The van der Waals surface area contributed by atoms with Gasteiger partial charge in [0.05, 0.1) is 24.1 Å². The highest BCUT2D eigenvalue weighted by atomic mass is 28.4. The predicted molar refractivity (Wildman–Crippen MR) is 149 cm³/mol. The lowest BCUT2D eigenvalue weighted by molar-refractivity contribution is 0.491. The SMILES string of the molecule is CC(C)(C)[Si](C)(C)Oc1ccc(F)c(-c2cn3c(=O)c(Cc4ccco4)nc-3c(Cc3ccccc3)[nH]2)c1. The van der Waals surface area contributed by atoms with Gasteiger partial charge in [0.2, 0.25) is 8.32 Å². The van der Waals surface area contributed by atoms with E-state index in [2.05, 4.69) is 43.8 Å². The first-order chi connectivity index (χ1) is 18.0. The molecule has 6 nitrogen and oxygen atoms in total. The molecule has 0 atom stereocenters. The van der Waals surface area contributed by atoms with Crippen LogP contribution in [0.3, 0.4) is 0 Å². The summed E-state index contributed by atoms with van der Waals surface area (Å²) in [4.78, 5) is 21.5. The van der Waals surface area contributed by atoms with Gasteiger partial charge in [-0.3, -0.25) is 9.36 Å². The fourth-order valence-electron chi connectivity index (χ4n) is 4.15. The molecule has 2 aliphatic heterocycles. The number of imidazole rings is 1. The number of fused-ring (bicyclic) bond motifs is 1. The van der Waals surface area contributed by atoms with Gasteiger partial charge in [0.25, 0.3) is 5.56 Å². The Bertz CT molecular complexity index is 1580. The third-order valence-corrected chi connectivity index (χ3v) is 11.7. The molecular weight excluding hydrogens is 497 g/mol. The second kappa shape index (κ2) is 9.76. The first kappa shape index (κ1) is 25.7. The first-order valence-electron chi connectivity index (χ1n) is 12.7. The van der Waals surface area contributed by atoms with Crippen molar-refractivity contribution in [1.82, 2.24) is 14.5 Å². The smallest absolute Gasteiger partial charge is 0.278 e. The standard InChI is InChI=1S/C30H32FN3O3Si/c1-30(2,3)38(4,5)37-22-13-14-24(31)23(17-22)27-19-34-28(25(32-27)16-20-10-7-6-8-11-20)33-26(29(34)35)18-21-12-9-15-36-21/h6-15,17,19,32H,16,18H2,1-5H3. The van der Waals surface area contributed by atoms with E-state index in [1.54, 1.807) is 30.7 Å². The zero-order valence-corrected chi connectivity index (χ0v) is 23.3. The zero-order valence-electron chi connectivity index (χ0n) is 22.3. The van der Waals surface area contributed by atoms with Crippen molar-refractivity contribution in [3.63, 3.8) is 0 Å². The van der Waals surface area contributed by atoms with Crippen molar-refractivity contribution in [1.29, 1.82) is 0 Å². The summed E-state index contributed by atoms with van der Waals surface area (Å²) in [5.74, 6) is 1.37. The minimum absolute atomic E-state index is 0.00585. The average molecular weight is 530 g/mol. The van der Waals surface area contributed by atoms with Gasteiger partial charge in [-0.05, 0) is 54.0 Å². The maximum absolute atomic E-state index is 15.3. The first-order valence-corrected chi connectivity index (χ1v) is 15.6. The maximum Gasteiger partial charge on any atom is 0.278 e. The molecule has 0 bridgehead atoms. The lowest BCUT2D eigenvalue weighted by atomic mass is 10.1. The van der Waals surface area contributed by atoms with E-state index in [1.807, 2.05) is 36.4 Å². The number of hydrogen-bond acceptors (Lipinski definition) is 4. The number of nitrogens with one attached hydrogen (secondary N) is 1. The summed E-state index contributed by atoms with van der Waals surface area (Å²) in [5, 5.41) is -0.00585. The third-order valence-electron chi connectivity index (χ3n) is 7.30. The van der Waals surface area contributed by atoms with Crippen LogP contribution in [0.2, 0.25) is 18.1 Å². The van der Waals surface area contributed by atoms with Crippen molar-refractivity contribution >= 4 is 8.32 Å². The summed E-state index contributed by atoms with van der Waals surface area (Å²) in [7, 11) is -2.14. The summed E-state index contributed by atoms with van der Waals surface area (Å²) < 4.78 is 28.7. The van der Waals surface area contributed by atoms with Crippen molar-refractivity contribution in [2.45, 2.75) is 51.7 Å². The summed E-state index contributed by atoms with van der Waals surface area (Å²) in [6.45, 7) is 10.8. The second-order valence-corrected chi connectivity index (χ2v) is 15.9. The van der Waals surface area contributed by atoms with E-state index in [9.17, 15) is 4.79 Å². The van der Waals surface area contributed by atoms with E-state index in [1.165, 1.54) is 10.6 Å². The van der Waals surface area contributed by atoms with Gasteiger partial charge in [-0.15, -0.1) is 0 Å². The van der Waals surface area contributed by atoms with E-state index < -0.39 is 14.1 Å². The molecule has 2 aromatic carbocycles. The van der Waals surface area contributed by atoms with Crippen LogP contribution in [0.1, 0.15) is 43.5 Å². The van der Waals surface area contributed by atoms with Crippen LogP contribution in [0.25, 0.3) is 17.1 Å². The molecule has 0 unspecified atom stereocenters. The molecule has 0 aliphatic carbocycles. The zero-order chi connectivity index (χ0) is 27.1. The summed E-state index contributed by atoms with van der Waals surface area (Å²) >= 11 is 0. The maximum atomic E-state index is 15.3. The number of nitrogens with zero attached hydrogens (tertiary/aromatic N) is 2. The Hall–Kier alpha value is -3.91. The highest BCUT2D eigenvalue weighted by Crippen LogP contribution is 2.38. The third kappa shape index (κ3) is 5.09. The quantitative estimate of drug-likeness (QED) is 0.231. The molecule has 3 heterocycles. The highest BCUT2D eigenvalue weighted by molar-refractivity contribution is 6.74. The van der Waals surface area contributed by atoms with Crippen molar-refractivity contribution < 1.29 is 13.2 Å². The molecule has 0 saturated heterocycles. The molecule has 0 amide bonds. The lowest BCUT2D eigenvalue weighted by Gasteiger charge is -2.36. The fraction of sp³-hybridized carbons (Fsp3) is 0.267. The summed E-state index contributed by atoms with van der Waals surface area (Å²) in [6, 6.07) is 18.3. The molecule has 8 heteroatoms. The lowest BCUT2D eigenvalue weighted by Crippen LogP contribution is -2.43. The van der Waals surface area contributed by atoms with Crippen LogP contribution < -0.4 is 9.99 Å². The predicted octanol–water partition coefficient (Wildman–Crippen LogP) is 6.96. The van der Waals surface area contributed by atoms with Gasteiger partial charge < -0.3 is 13.8 Å². The number of rotatable bonds is 7. The van der Waals surface area contributed by atoms with Crippen LogP contribution in [0.5, 0.6) is 5.75 Å². The van der Waals surface area contributed by atoms with Crippen molar-refractivity contribution in [2.24, 2.45) is 0 Å². The fourth-order valence-corrected chi connectivity index (χ4v) is 5.18. The molecule has 0 fully saturated rings. The largest absolute Gasteiger partial charge is 0.543 e. The number of aromatic amines is 1. The minimum atomic E-state index is -2.14. The summed E-state index contributed by atoms with van der Waals surface area (Å²) in [5.41, 5.74) is 2.68. The second-order valence-electron chi connectivity index (χ2n) is 11.1. The van der Waals surface area contributed by atoms with Crippen LogP contribution >= 0.6 is 0 Å². The van der Waals surface area contributed by atoms with Gasteiger partial charge in [0.15, 0.2) is 5.82 Å². The average Bonchev–Trinajstić information content (AvgIpc) is 3.49. The van der Waals surface area contributed by atoms with Gasteiger partial charge in [-0.1, -0.05) is 51.1 Å². The summed E-state index contributed by atoms with van der Waals surface area (Å²) in [6.07, 6.45) is 3.97. The molecule has 1 N–H and O–H groups in total. The topological polar surface area (TPSA) is 73.1 Å². The number of benzene rings is 2. The Morgan fingerprint density at radius 1 is 1.05 bits per heavy atom. The molecule has 2 aliphatic rings. The van der Waals surface area contributed by atoms with Gasteiger partial charge >= 0.3 is 0 Å². The molecular formula is C30H32FN3O3Si. The van der Waals surface area contributed by atoms with Crippen LogP contribution in [0.15, 0.2) is 82.3 Å². The Balaban J connectivity index is 1.63. The van der Waals surface area contributed by atoms with Gasteiger partial charge in [0, 0.05) is 18.2 Å². The van der Waals surface area contributed by atoms with E-state index >= 15 is 4.39 Å². The van der Waals surface area contributed by atoms with Crippen molar-refractivity contribution in [3.8, 4) is 22.8 Å². The Morgan fingerprint density at radius 3 is 2.50 bits per heavy atom. The van der Waals surface area contributed by atoms with E-state index in [0.29, 0.717) is 46.4 Å². The molecule has 1 aromatic heterocycles. The van der Waals surface area contributed by atoms with E-state index in [4.69, 9.17) is 8.84 Å². The number of aromatic nitrogens is 3. The van der Waals surface area contributed by atoms with Gasteiger partial charge in [0.1, 0.15) is 23.0 Å². The molecule has 0 spiro atoms. The molecule has 3 aromatic rings. The van der Waals surface area contributed by atoms with E-state index in [0.717, 1.165) is 5.56 Å². The van der Waals surface area contributed by atoms with Gasteiger partial charge in [-0.25, -0.2) is 9.37 Å². The monoisotopic (exact) mass is 529 g/mol. The Labute approximate surface area is 222 Å². The van der Waals surface area contributed by atoms with Crippen LogP contribution in [-0.4, -0.2) is 22.9 Å². The van der Waals surface area contributed by atoms with Crippen molar-refractivity contribution in [3.05, 3.63) is 112 Å².